The summed E-state index contributed by atoms with van der Waals surface area (Å²) in [6, 6.07) is 4.50. The van der Waals surface area contributed by atoms with Gasteiger partial charge in [-0.25, -0.2) is 0 Å². The standard InChI is InChI=1S/C12H21NO2/c1-11(13-8-4-9-14-2)6-7-12-5-3-10-15-12/h3,5,10-11,13H,4,6-9H2,1-2H3. The lowest BCUT2D eigenvalue weighted by Gasteiger charge is -2.12. The Morgan fingerprint density at radius 2 is 2.40 bits per heavy atom. The first-order valence-electron chi connectivity index (χ1n) is 5.57. The Hall–Kier alpha value is -0.800. The van der Waals surface area contributed by atoms with E-state index in [2.05, 4.69) is 12.2 Å². The van der Waals surface area contributed by atoms with Crippen molar-refractivity contribution in [2.75, 3.05) is 20.3 Å². The van der Waals surface area contributed by atoms with E-state index in [4.69, 9.17) is 9.15 Å². The van der Waals surface area contributed by atoms with Crippen LogP contribution in [0, 0.1) is 0 Å². The van der Waals surface area contributed by atoms with Crippen molar-refractivity contribution in [1.29, 1.82) is 0 Å². The van der Waals surface area contributed by atoms with Crippen LogP contribution in [0.4, 0.5) is 0 Å². The van der Waals surface area contributed by atoms with E-state index in [1.54, 1.807) is 13.4 Å². The minimum atomic E-state index is 0.534. The van der Waals surface area contributed by atoms with Crippen molar-refractivity contribution in [3.05, 3.63) is 24.2 Å². The van der Waals surface area contributed by atoms with Crippen molar-refractivity contribution in [2.45, 2.75) is 32.2 Å². The lowest BCUT2D eigenvalue weighted by molar-refractivity contribution is 0.193. The molecule has 0 aliphatic rings. The summed E-state index contributed by atoms with van der Waals surface area (Å²) >= 11 is 0. The molecule has 3 nitrogen and oxygen atoms in total. The summed E-state index contributed by atoms with van der Waals surface area (Å²) in [5.41, 5.74) is 0. The number of ether oxygens (including phenoxy) is 1. The molecule has 0 aliphatic carbocycles. The molecule has 1 atom stereocenters. The van der Waals surface area contributed by atoms with Gasteiger partial charge in [0, 0.05) is 26.2 Å². The molecule has 0 fully saturated rings. The predicted molar refractivity (Wildman–Crippen MR) is 61.0 cm³/mol. The second-order valence-corrected chi connectivity index (χ2v) is 3.82. The molecule has 1 rings (SSSR count). The summed E-state index contributed by atoms with van der Waals surface area (Å²) < 4.78 is 10.3. The van der Waals surface area contributed by atoms with Crippen LogP contribution in [0.25, 0.3) is 0 Å². The smallest absolute Gasteiger partial charge is 0.103 e. The van der Waals surface area contributed by atoms with Crippen LogP contribution in [0.5, 0.6) is 0 Å². The van der Waals surface area contributed by atoms with Gasteiger partial charge in [-0.2, -0.15) is 0 Å². The third-order valence-electron chi connectivity index (χ3n) is 2.42. The van der Waals surface area contributed by atoms with Crippen molar-refractivity contribution in [3.8, 4) is 0 Å². The zero-order valence-electron chi connectivity index (χ0n) is 9.66. The van der Waals surface area contributed by atoms with Gasteiger partial charge in [-0.05, 0) is 38.4 Å². The maximum atomic E-state index is 5.28. The summed E-state index contributed by atoms with van der Waals surface area (Å²) in [6.07, 6.45) is 4.92. The number of rotatable bonds is 8. The fraction of sp³-hybridized carbons (Fsp3) is 0.667. The van der Waals surface area contributed by atoms with Gasteiger partial charge in [0.05, 0.1) is 6.26 Å². The fourth-order valence-electron chi connectivity index (χ4n) is 1.48. The Morgan fingerprint density at radius 3 is 3.07 bits per heavy atom. The number of hydrogen-bond donors (Lipinski definition) is 1. The second kappa shape index (κ2) is 7.49. The van der Waals surface area contributed by atoms with E-state index < -0.39 is 0 Å². The van der Waals surface area contributed by atoms with Crippen LogP contribution in [0.15, 0.2) is 22.8 Å². The van der Waals surface area contributed by atoms with E-state index >= 15 is 0 Å². The van der Waals surface area contributed by atoms with E-state index in [-0.39, 0.29) is 0 Å². The first-order chi connectivity index (χ1) is 7.33. The van der Waals surface area contributed by atoms with E-state index in [0.717, 1.165) is 38.2 Å². The van der Waals surface area contributed by atoms with E-state index in [9.17, 15) is 0 Å². The highest BCUT2D eigenvalue weighted by Crippen LogP contribution is 2.05. The first kappa shape index (κ1) is 12.3. The van der Waals surface area contributed by atoms with Crippen molar-refractivity contribution >= 4 is 0 Å². The molecule has 0 radical (unpaired) electrons. The van der Waals surface area contributed by atoms with Crippen LogP contribution in [0.2, 0.25) is 0 Å². The van der Waals surface area contributed by atoms with Crippen LogP contribution in [-0.2, 0) is 11.2 Å². The van der Waals surface area contributed by atoms with Crippen LogP contribution >= 0.6 is 0 Å². The molecule has 0 spiro atoms. The monoisotopic (exact) mass is 211 g/mol. The molecule has 0 saturated carbocycles. The molecule has 1 N–H and O–H groups in total. The SMILES string of the molecule is COCCCNC(C)CCc1ccco1. The minimum absolute atomic E-state index is 0.534. The Bertz CT molecular complexity index is 234. The summed E-state index contributed by atoms with van der Waals surface area (Å²) in [4.78, 5) is 0. The van der Waals surface area contributed by atoms with E-state index in [1.165, 1.54) is 0 Å². The second-order valence-electron chi connectivity index (χ2n) is 3.82. The highest BCUT2D eigenvalue weighted by molar-refractivity contribution is 4.98. The minimum Gasteiger partial charge on any atom is -0.469 e. The van der Waals surface area contributed by atoms with Crippen LogP contribution in [0.1, 0.15) is 25.5 Å². The molecule has 0 aliphatic heterocycles. The van der Waals surface area contributed by atoms with Gasteiger partial charge in [-0.15, -0.1) is 0 Å². The van der Waals surface area contributed by atoms with Gasteiger partial charge in [-0.1, -0.05) is 0 Å². The number of aryl methyl sites for hydroxylation is 1. The molecule has 1 heterocycles. The highest BCUT2D eigenvalue weighted by atomic mass is 16.5. The van der Waals surface area contributed by atoms with Gasteiger partial charge in [-0.3, -0.25) is 0 Å². The lowest BCUT2D eigenvalue weighted by Crippen LogP contribution is -2.28. The first-order valence-corrected chi connectivity index (χ1v) is 5.57. The fourth-order valence-corrected chi connectivity index (χ4v) is 1.48. The highest BCUT2D eigenvalue weighted by Gasteiger charge is 2.02. The summed E-state index contributed by atoms with van der Waals surface area (Å²) in [5, 5.41) is 3.46. The molecule has 15 heavy (non-hydrogen) atoms. The van der Waals surface area contributed by atoms with Crippen molar-refractivity contribution < 1.29 is 9.15 Å². The van der Waals surface area contributed by atoms with Gasteiger partial charge in [0.2, 0.25) is 0 Å². The molecule has 0 bridgehead atoms. The molecule has 1 aromatic rings. The molecular formula is C12H21NO2. The van der Waals surface area contributed by atoms with Crippen molar-refractivity contribution in [1.82, 2.24) is 5.32 Å². The van der Waals surface area contributed by atoms with Crippen LogP contribution in [0.3, 0.4) is 0 Å². The topological polar surface area (TPSA) is 34.4 Å². The van der Waals surface area contributed by atoms with Crippen molar-refractivity contribution in [2.24, 2.45) is 0 Å². The van der Waals surface area contributed by atoms with Gasteiger partial charge >= 0.3 is 0 Å². The third kappa shape index (κ3) is 5.60. The maximum absolute atomic E-state index is 5.28. The summed E-state index contributed by atoms with van der Waals surface area (Å²) in [6.45, 7) is 4.06. The predicted octanol–water partition coefficient (Wildman–Crippen LogP) is 2.23. The van der Waals surface area contributed by atoms with Crippen LogP contribution < -0.4 is 5.32 Å². The summed E-state index contributed by atoms with van der Waals surface area (Å²) in [7, 11) is 1.74. The summed E-state index contributed by atoms with van der Waals surface area (Å²) in [5.74, 6) is 1.07. The normalized spacial score (nSPS) is 12.9. The Kier molecular flexibility index (Phi) is 6.12. The van der Waals surface area contributed by atoms with Gasteiger partial charge in [0.25, 0.3) is 0 Å². The van der Waals surface area contributed by atoms with E-state index in [0.29, 0.717) is 6.04 Å². The molecule has 0 amide bonds. The molecule has 0 aromatic carbocycles. The van der Waals surface area contributed by atoms with Crippen LogP contribution in [-0.4, -0.2) is 26.3 Å². The molecular weight excluding hydrogens is 190 g/mol. The number of nitrogens with one attached hydrogen (secondary N) is 1. The quantitative estimate of drug-likeness (QED) is 0.670. The molecule has 3 heteroatoms. The Balaban J connectivity index is 2.01. The Morgan fingerprint density at radius 1 is 1.53 bits per heavy atom. The zero-order valence-corrected chi connectivity index (χ0v) is 9.66. The van der Waals surface area contributed by atoms with Gasteiger partial charge in [0.1, 0.15) is 5.76 Å². The van der Waals surface area contributed by atoms with Gasteiger partial charge in [0.15, 0.2) is 0 Å². The number of hydrogen-bond acceptors (Lipinski definition) is 3. The molecule has 0 saturated heterocycles. The average Bonchev–Trinajstić information content (AvgIpc) is 2.74. The molecule has 1 aromatic heterocycles. The molecule has 1 unspecified atom stereocenters. The third-order valence-corrected chi connectivity index (χ3v) is 2.42. The largest absolute Gasteiger partial charge is 0.469 e. The van der Waals surface area contributed by atoms with E-state index in [1.807, 2.05) is 12.1 Å². The number of methoxy groups -OCH3 is 1. The number of furan rings is 1. The maximum Gasteiger partial charge on any atom is 0.103 e. The average molecular weight is 211 g/mol. The lowest BCUT2D eigenvalue weighted by atomic mass is 10.1. The van der Waals surface area contributed by atoms with Gasteiger partial charge < -0.3 is 14.5 Å². The molecule has 86 valence electrons. The Labute approximate surface area is 91.8 Å². The van der Waals surface area contributed by atoms with Crippen molar-refractivity contribution in [3.63, 3.8) is 0 Å². The zero-order chi connectivity index (χ0) is 10.9.